The molecule has 0 bridgehead atoms. The van der Waals surface area contributed by atoms with Crippen molar-refractivity contribution in [3.8, 4) is 0 Å². The molecule has 0 radical (unpaired) electrons. The minimum atomic E-state index is -3.33. The van der Waals surface area contributed by atoms with Crippen molar-refractivity contribution in [2.24, 2.45) is 5.92 Å². The van der Waals surface area contributed by atoms with Gasteiger partial charge in [-0.3, -0.25) is 9.52 Å². The van der Waals surface area contributed by atoms with E-state index in [1.165, 1.54) is 0 Å². The maximum absolute atomic E-state index is 12.4. The van der Waals surface area contributed by atoms with Crippen LogP contribution in [0, 0.1) is 5.92 Å². The number of piperidine rings is 1. The van der Waals surface area contributed by atoms with Gasteiger partial charge in [0.25, 0.3) is 0 Å². The van der Waals surface area contributed by atoms with Gasteiger partial charge in [-0.15, -0.1) is 0 Å². The fraction of sp³-hybridized carbons (Fsp3) is 0.619. The Kier molecular flexibility index (Phi) is 8.11. The van der Waals surface area contributed by atoms with E-state index in [2.05, 4.69) is 10.0 Å². The van der Waals surface area contributed by atoms with Crippen molar-refractivity contribution < 1.29 is 22.7 Å². The number of carbonyl (C=O) groups is 2. The molecule has 0 unspecified atom stereocenters. The molecule has 9 heteroatoms. The molecular formula is C21H33N3O5S. The maximum atomic E-state index is 12.4. The Balaban J connectivity index is 1.78. The van der Waals surface area contributed by atoms with E-state index < -0.39 is 15.6 Å². The van der Waals surface area contributed by atoms with E-state index in [4.69, 9.17) is 4.74 Å². The van der Waals surface area contributed by atoms with Crippen molar-refractivity contribution in [2.75, 3.05) is 28.9 Å². The molecule has 1 fully saturated rings. The highest BCUT2D eigenvalue weighted by atomic mass is 32.2. The van der Waals surface area contributed by atoms with Crippen LogP contribution in [-0.4, -0.2) is 49.8 Å². The second kappa shape index (κ2) is 10.1. The molecule has 2 N–H and O–H groups in total. The quantitative estimate of drug-likeness (QED) is 0.672. The minimum Gasteiger partial charge on any atom is -0.444 e. The van der Waals surface area contributed by atoms with Crippen molar-refractivity contribution in [2.45, 2.75) is 59.0 Å². The molecule has 30 heavy (non-hydrogen) atoms. The topological polar surface area (TPSA) is 105 Å². The molecule has 0 spiro atoms. The lowest BCUT2D eigenvalue weighted by molar-refractivity contribution is -0.117. The predicted octanol–water partition coefficient (Wildman–Crippen LogP) is 3.81. The zero-order valence-electron chi connectivity index (χ0n) is 18.2. The number of anilines is 2. The van der Waals surface area contributed by atoms with Crippen LogP contribution in [-0.2, 0) is 19.6 Å². The Bertz CT molecular complexity index is 823. The van der Waals surface area contributed by atoms with Crippen LogP contribution in [0.5, 0.6) is 0 Å². The molecule has 8 nitrogen and oxygen atoms in total. The number of carbonyl (C=O) groups excluding carboxylic acids is 2. The summed E-state index contributed by atoms with van der Waals surface area (Å²) in [4.78, 5) is 26.2. The van der Waals surface area contributed by atoms with Crippen molar-refractivity contribution in [3.63, 3.8) is 0 Å². The number of hydrogen-bond donors (Lipinski definition) is 2. The molecule has 2 amide bonds. The first-order chi connectivity index (χ1) is 14.0. The average molecular weight is 440 g/mol. The third kappa shape index (κ3) is 8.22. The Morgan fingerprint density at radius 1 is 1.10 bits per heavy atom. The number of ether oxygens (including phenoxy) is 1. The number of nitrogens with one attached hydrogen (secondary N) is 2. The van der Waals surface area contributed by atoms with E-state index >= 15 is 0 Å². The van der Waals surface area contributed by atoms with Gasteiger partial charge in [-0.2, -0.15) is 0 Å². The zero-order chi connectivity index (χ0) is 22.4. The first-order valence-electron chi connectivity index (χ1n) is 10.4. The molecule has 168 valence electrons. The molecule has 1 aromatic rings. The van der Waals surface area contributed by atoms with Crippen LogP contribution in [0.3, 0.4) is 0 Å². The summed E-state index contributed by atoms with van der Waals surface area (Å²) in [6.07, 6.45) is 2.13. The molecule has 0 saturated carbocycles. The smallest absolute Gasteiger partial charge is 0.410 e. The Hall–Kier alpha value is -2.29. The fourth-order valence-electron chi connectivity index (χ4n) is 3.24. The molecule has 1 heterocycles. The zero-order valence-corrected chi connectivity index (χ0v) is 19.0. The van der Waals surface area contributed by atoms with E-state index in [9.17, 15) is 18.0 Å². The highest BCUT2D eigenvalue weighted by Gasteiger charge is 2.27. The molecule has 1 saturated heterocycles. The standard InChI is InChI=1S/C21H33N3O5S/c1-5-14-30(27,28)23-18-8-6-17(7-9-18)22-19(25)15-16-10-12-24(13-11-16)20(26)29-21(2,3)4/h6-9,16,23H,5,10-15H2,1-4H3,(H,22,25). The molecule has 0 atom stereocenters. The van der Waals surface area contributed by atoms with Gasteiger partial charge in [0.15, 0.2) is 0 Å². The molecule has 1 aliphatic heterocycles. The van der Waals surface area contributed by atoms with Crippen LogP contribution < -0.4 is 10.0 Å². The third-order valence-corrected chi connectivity index (χ3v) is 6.15. The van der Waals surface area contributed by atoms with Gasteiger partial charge in [0.2, 0.25) is 15.9 Å². The van der Waals surface area contributed by atoms with Crippen molar-refractivity contribution >= 4 is 33.4 Å². The van der Waals surface area contributed by atoms with Gasteiger partial charge in [-0.25, -0.2) is 13.2 Å². The average Bonchev–Trinajstić information content (AvgIpc) is 2.62. The van der Waals surface area contributed by atoms with E-state index in [1.807, 2.05) is 20.8 Å². The van der Waals surface area contributed by atoms with Gasteiger partial charge in [0, 0.05) is 30.9 Å². The first kappa shape index (κ1) is 24.0. The molecule has 0 aliphatic carbocycles. The van der Waals surface area contributed by atoms with Crippen molar-refractivity contribution in [1.29, 1.82) is 0 Å². The molecule has 1 aliphatic rings. The lowest BCUT2D eigenvalue weighted by atomic mass is 9.93. The summed E-state index contributed by atoms with van der Waals surface area (Å²) in [5.74, 6) is 0.187. The van der Waals surface area contributed by atoms with Crippen LogP contribution in [0.15, 0.2) is 24.3 Å². The van der Waals surface area contributed by atoms with Gasteiger partial charge in [0.1, 0.15) is 5.60 Å². The Morgan fingerprint density at radius 3 is 2.20 bits per heavy atom. The SMILES string of the molecule is CCCS(=O)(=O)Nc1ccc(NC(=O)CC2CCN(C(=O)OC(C)(C)C)CC2)cc1. The van der Waals surface area contributed by atoms with Crippen LogP contribution in [0.1, 0.15) is 53.4 Å². The Morgan fingerprint density at radius 2 is 1.67 bits per heavy atom. The maximum Gasteiger partial charge on any atom is 0.410 e. The second-order valence-corrected chi connectivity index (χ2v) is 10.5. The predicted molar refractivity (Wildman–Crippen MR) is 118 cm³/mol. The summed E-state index contributed by atoms with van der Waals surface area (Å²) in [5.41, 5.74) is 0.569. The molecule has 0 aromatic heterocycles. The number of nitrogens with zero attached hydrogens (tertiary/aromatic N) is 1. The van der Waals surface area contributed by atoms with E-state index in [0.29, 0.717) is 37.3 Å². The fourth-order valence-corrected chi connectivity index (χ4v) is 4.38. The van der Waals surface area contributed by atoms with Gasteiger partial charge in [-0.05, 0) is 70.2 Å². The van der Waals surface area contributed by atoms with Crippen LogP contribution in [0.25, 0.3) is 0 Å². The lowest BCUT2D eigenvalue weighted by Crippen LogP contribution is -2.42. The number of likely N-dealkylation sites (tertiary alicyclic amines) is 1. The number of sulfonamides is 1. The van der Waals surface area contributed by atoms with Crippen LogP contribution in [0.2, 0.25) is 0 Å². The van der Waals surface area contributed by atoms with Gasteiger partial charge >= 0.3 is 6.09 Å². The minimum absolute atomic E-state index is 0.0677. The van der Waals surface area contributed by atoms with Crippen LogP contribution in [0.4, 0.5) is 16.2 Å². The number of hydrogen-bond acceptors (Lipinski definition) is 5. The van der Waals surface area contributed by atoms with E-state index in [-0.39, 0.29) is 23.7 Å². The lowest BCUT2D eigenvalue weighted by Gasteiger charge is -2.33. The van der Waals surface area contributed by atoms with E-state index in [1.54, 1.807) is 36.1 Å². The molecule has 2 rings (SSSR count). The summed E-state index contributed by atoms with van der Waals surface area (Å²) in [7, 11) is -3.33. The summed E-state index contributed by atoms with van der Waals surface area (Å²) >= 11 is 0. The molecule has 1 aromatic carbocycles. The van der Waals surface area contributed by atoms with E-state index in [0.717, 1.165) is 12.8 Å². The summed E-state index contributed by atoms with van der Waals surface area (Å²) in [6, 6.07) is 6.60. The highest BCUT2D eigenvalue weighted by Crippen LogP contribution is 2.23. The summed E-state index contributed by atoms with van der Waals surface area (Å²) < 4.78 is 31.5. The largest absolute Gasteiger partial charge is 0.444 e. The number of rotatable bonds is 7. The van der Waals surface area contributed by atoms with Crippen molar-refractivity contribution in [3.05, 3.63) is 24.3 Å². The Labute approximate surface area is 179 Å². The molecular weight excluding hydrogens is 406 g/mol. The normalized spacial score (nSPS) is 15.5. The van der Waals surface area contributed by atoms with Gasteiger partial charge < -0.3 is 15.0 Å². The summed E-state index contributed by atoms with van der Waals surface area (Å²) in [5, 5.41) is 2.85. The number of benzene rings is 1. The number of amides is 2. The third-order valence-electron chi connectivity index (χ3n) is 4.66. The highest BCUT2D eigenvalue weighted by molar-refractivity contribution is 7.92. The second-order valence-electron chi connectivity index (χ2n) is 8.66. The van der Waals surface area contributed by atoms with Crippen molar-refractivity contribution in [1.82, 2.24) is 4.90 Å². The van der Waals surface area contributed by atoms with Gasteiger partial charge in [0.05, 0.1) is 5.75 Å². The summed E-state index contributed by atoms with van der Waals surface area (Å²) in [6.45, 7) is 8.50. The first-order valence-corrected chi connectivity index (χ1v) is 12.0. The van der Waals surface area contributed by atoms with Gasteiger partial charge in [-0.1, -0.05) is 6.92 Å². The van der Waals surface area contributed by atoms with Crippen LogP contribution >= 0.6 is 0 Å². The monoisotopic (exact) mass is 439 g/mol.